The van der Waals surface area contributed by atoms with Gasteiger partial charge in [0, 0.05) is 43.7 Å². The van der Waals surface area contributed by atoms with Crippen molar-refractivity contribution in [2.45, 2.75) is 0 Å². The lowest BCUT2D eigenvalue weighted by atomic mass is 10.1. The van der Waals surface area contributed by atoms with Crippen molar-refractivity contribution in [1.82, 2.24) is 14.3 Å². The number of hydrogen-bond donors (Lipinski definition) is 0. The van der Waals surface area contributed by atoms with E-state index in [1.807, 2.05) is 0 Å². The van der Waals surface area contributed by atoms with Crippen LogP contribution in [0.3, 0.4) is 0 Å². The van der Waals surface area contributed by atoms with Gasteiger partial charge in [-0.25, -0.2) is 4.79 Å². The van der Waals surface area contributed by atoms with E-state index in [9.17, 15) is 9.59 Å². The first-order valence-corrected chi connectivity index (χ1v) is 5.32. The smallest absolute Gasteiger partial charge is 0.359 e. The van der Waals surface area contributed by atoms with Crippen molar-refractivity contribution in [3.05, 3.63) is 40.6 Å². The third-order valence-corrected chi connectivity index (χ3v) is 2.60. The highest BCUT2D eigenvalue weighted by molar-refractivity contribution is 5.94. The molecule has 0 fully saturated rings. The largest absolute Gasteiger partial charge is 0.464 e. The van der Waals surface area contributed by atoms with Gasteiger partial charge < -0.3 is 9.30 Å². The number of aryl methyl sites for hydroxylation is 2. The molecule has 0 atom stereocenters. The Kier molecular flexibility index (Phi) is 3.01. The van der Waals surface area contributed by atoms with Crippen LogP contribution in [0.1, 0.15) is 10.5 Å². The van der Waals surface area contributed by atoms with Crippen molar-refractivity contribution in [3.63, 3.8) is 0 Å². The molecule has 0 aliphatic rings. The number of aromatic nitrogens is 3. The molecule has 6 nitrogen and oxygen atoms in total. The number of pyridine rings is 1. The van der Waals surface area contributed by atoms with Gasteiger partial charge in [0.25, 0.3) is 0 Å². The predicted molar refractivity (Wildman–Crippen MR) is 65.2 cm³/mol. The lowest BCUT2D eigenvalue weighted by Gasteiger charge is -2.03. The van der Waals surface area contributed by atoms with E-state index < -0.39 is 5.97 Å². The summed E-state index contributed by atoms with van der Waals surface area (Å²) in [5.41, 5.74) is 1.51. The van der Waals surface area contributed by atoms with Crippen molar-refractivity contribution >= 4 is 5.97 Å². The van der Waals surface area contributed by atoms with Crippen molar-refractivity contribution in [1.29, 1.82) is 0 Å². The molecule has 6 heteroatoms. The quantitative estimate of drug-likeness (QED) is 0.728. The number of nitrogens with zero attached hydrogens (tertiary/aromatic N) is 3. The molecule has 0 saturated carbocycles. The normalized spacial score (nSPS) is 10.4. The van der Waals surface area contributed by atoms with Crippen LogP contribution >= 0.6 is 0 Å². The summed E-state index contributed by atoms with van der Waals surface area (Å²) in [5, 5.41) is 4.06. The number of rotatable bonds is 2. The first kappa shape index (κ1) is 12.1. The van der Waals surface area contributed by atoms with E-state index in [2.05, 4.69) is 9.84 Å². The summed E-state index contributed by atoms with van der Waals surface area (Å²) in [5.74, 6) is -0.501. The van der Waals surface area contributed by atoms with Crippen LogP contribution in [0.5, 0.6) is 0 Å². The Morgan fingerprint density at radius 2 is 2.00 bits per heavy atom. The molecule has 18 heavy (non-hydrogen) atoms. The Morgan fingerprint density at radius 3 is 2.61 bits per heavy atom. The van der Waals surface area contributed by atoms with Gasteiger partial charge in [-0.15, -0.1) is 0 Å². The summed E-state index contributed by atoms with van der Waals surface area (Å²) in [6.45, 7) is 0. The first-order valence-electron chi connectivity index (χ1n) is 5.32. The first-order chi connectivity index (χ1) is 8.52. The van der Waals surface area contributed by atoms with Gasteiger partial charge in [0.05, 0.1) is 7.11 Å². The minimum atomic E-state index is -0.501. The van der Waals surface area contributed by atoms with Gasteiger partial charge in [0.15, 0.2) is 5.69 Å². The lowest BCUT2D eigenvalue weighted by molar-refractivity contribution is 0.0594. The third kappa shape index (κ3) is 2.04. The van der Waals surface area contributed by atoms with Gasteiger partial charge in [0.2, 0.25) is 5.56 Å². The zero-order valence-electron chi connectivity index (χ0n) is 10.4. The fraction of sp³-hybridized carbons (Fsp3) is 0.250. The molecule has 0 bridgehead atoms. The van der Waals surface area contributed by atoms with Gasteiger partial charge >= 0.3 is 5.97 Å². The summed E-state index contributed by atoms with van der Waals surface area (Å²) in [6.07, 6.45) is 3.37. The molecule has 0 aliphatic heterocycles. The zero-order valence-corrected chi connectivity index (χ0v) is 10.4. The molecule has 0 radical (unpaired) electrons. The molecule has 2 aromatic rings. The van der Waals surface area contributed by atoms with E-state index in [-0.39, 0.29) is 11.3 Å². The Balaban J connectivity index is 2.59. The average molecular weight is 247 g/mol. The van der Waals surface area contributed by atoms with Crippen LogP contribution in [-0.4, -0.2) is 27.4 Å². The number of ether oxygens (including phenoxy) is 1. The minimum absolute atomic E-state index is 0.109. The number of hydrogen-bond acceptors (Lipinski definition) is 4. The van der Waals surface area contributed by atoms with Gasteiger partial charge in [0.1, 0.15) is 0 Å². The summed E-state index contributed by atoms with van der Waals surface area (Å²) < 4.78 is 7.66. The Bertz CT molecular complexity index is 655. The maximum absolute atomic E-state index is 11.6. The van der Waals surface area contributed by atoms with Crippen LogP contribution in [-0.2, 0) is 18.8 Å². The molecule has 0 spiro atoms. The molecule has 0 aromatic carbocycles. The van der Waals surface area contributed by atoms with E-state index in [1.54, 1.807) is 32.6 Å². The van der Waals surface area contributed by atoms with E-state index >= 15 is 0 Å². The van der Waals surface area contributed by atoms with E-state index in [0.29, 0.717) is 5.56 Å². The maximum atomic E-state index is 11.6. The average Bonchev–Trinajstić information content (AvgIpc) is 2.74. The highest BCUT2D eigenvalue weighted by atomic mass is 16.5. The highest BCUT2D eigenvalue weighted by Crippen LogP contribution is 2.22. The van der Waals surface area contributed by atoms with Gasteiger partial charge in [-0.3, -0.25) is 9.48 Å². The molecular formula is C12H13N3O3. The van der Waals surface area contributed by atoms with Gasteiger partial charge in [-0.1, -0.05) is 0 Å². The van der Waals surface area contributed by atoms with Crippen LogP contribution in [0.25, 0.3) is 11.1 Å². The molecule has 0 aliphatic carbocycles. The molecule has 0 N–H and O–H groups in total. The lowest BCUT2D eigenvalue weighted by Crippen LogP contribution is -2.14. The number of esters is 1. The second-order valence-corrected chi connectivity index (χ2v) is 3.92. The maximum Gasteiger partial charge on any atom is 0.359 e. The fourth-order valence-electron chi connectivity index (χ4n) is 1.70. The molecule has 2 rings (SSSR count). The zero-order chi connectivity index (χ0) is 13.3. The molecule has 0 saturated heterocycles. The van der Waals surface area contributed by atoms with Gasteiger partial charge in [-0.2, -0.15) is 5.10 Å². The SMILES string of the molecule is COC(=O)c1nn(C)cc1-c1ccc(=O)n(C)c1. The Labute approximate surface area is 103 Å². The molecular weight excluding hydrogens is 234 g/mol. The van der Waals surface area contributed by atoms with Gasteiger partial charge in [-0.05, 0) is 6.07 Å². The predicted octanol–water partition coefficient (Wildman–Crippen LogP) is 0.572. The molecule has 0 amide bonds. The van der Waals surface area contributed by atoms with Crippen LogP contribution in [0, 0.1) is 0 Å². The third-order valence-electron chi connectivity index (χ3n) is 2.60. The van der Waals surface area contributed by atoms with Crippen molar-refractivity contribution in [2.24, 2.45) is 14.1 Å². The van der Waals surface area contributed by atoms with E-state index in [1.165, 1.54) is 22.4 Å². The summed E-state index contributed by atoms with van der Waals surface area (Å²) in [6, 6.07) is 3.11. The second-order valence-electron chi connectivity index (χ2n) is 3.92. The monoisotopic (exact) mass is 247 g/mol. The number of carbonyl (C=O) groups excluding carboxylic acids is 1. The summed E-state index contributed by atoms with van der Waals surface area (Å²) in [7, 11) is 4.68. The summed E-state index contributed by atoms with van der Waals surface area (Å²) in [4.78, 5) is 22.9. The standard InChI is InChI=1S/C12H13N3O3/c1-14-6-8(4-5-10(14)16)9-7-15(2)13-11(9)12(17)18-3/h4-7H,1-3H3. The molecule has 0 unspecified atom stereocenters. The molecule has 2 aromatic heterocycles. The topological polar surface area (TPSA) is 66.1 Å². The van der Waals surface area contributed by atoms with Crippen molar-refractivity contribution in [3.8, 4) is 11.1 Å². The van der Waals surface area contributed by atoms with E-state index in [4.69, 9.17) is 0 Å². The van der Waals surface area contributed by atoms with Crippen molar-refractivity contribution < 1.29 is 9.53 Å². The van der Waals surface area contributed by atoms with Crippen LogP contribution in [0.15, 0.2) is 29.3 Å². The van der Waals surface area contributed by atoms with Crippen LogP contribution < -0.4 is 5.56 Å². The number of methoxy groups -OCH3 is 1. The fourth-order valence-corrected chi connectivity index (χ4v) is 1.70. The Morgan fingerprint density at radius 1 is 1.28 bits per heavy atom. The second kappa shape index (κ2) is 4.48. The van der Waals surface area contributed by atoms with Crippen LogP contribution in [0.4, 0.5) is 0 Å². The molecule has 2 heterocycles. The minimum Gasteiger partial charge on any atom is -0.464 e. The number of carbonyl (C=O) groups is 1. The van der Waals surface area contributed by atoms with E-state index in [0.717, 1.165) is 5.56 Å². The van der Waals surface area contributed by atoms with Crippen LogP contribution in [0.2, 0.25) is 0 Å². The highest BCUT2D eigenvalue weighted by Gasteiger charge is 2.18. The Hall–Kier alpha value is -2.37. The molecule has 94 valence electrons. The summed E-state index contributed by atoms with van der Waals surface area (Å²) >= 11 is 0. The van der Waals surface area contributed by atoms with Crippen molar-refractivity contribution in [2.75, 3.05) is 7.11 Å².